The number of rotatable bonds is 4. The maximum absolute atomic E-state index is 11.6. The van der Waals surface area contributed by atoms with Crippen LogP contribution >= 0.6 is 11.3 Å². The summed E-state index contributed by atoms with van der Waals surface area (Å²) in [6, 6.07) is 7.09. The molecule has 2 N–H and O–H groups in total. The lowest BCUT2D eigenvalue weighted by molar-refractivity contribution is 0.252. The average Bonchev–Trinajstić information content (AvgIpc) is 2.90. The highest BCUT2D eigenvalue weighted by atomic mass is 32.1. The van der Waals surface area contributed by atoms with Gasteiger partial charge in [0, 0.05) is 10.9 Å². The third-order valence-corrected chi connectivity index (χ3v) is 3.08. The Hall–Kier alpha value is -2.08. The molecule has 0 aromatic carbocycles. The monoisotopic (exact) mass is 263 g/mol. The van der Waals surface area contributed by atoms with Gasteiger partial charge in [-0.3, -0.25) is 0 Å². The Morgan fingerprint density at radius 2 is 2.33 bits per heavy atom. The van der Waals surface area contributed by atoms with Crippen LogP contribution in [0.5, 0.6) is 5.88 Å². The summed E-state index contributed by atoms with van der Waals surface area (Å²) in [5.41, 5.74) is 0.625. The van der Waals surface area contributed by atoms with Crippen molar-refractivity contribution in [3.63, 3.8) is 0 Å². The molecule has 0 saturated carbocycles. The number of nitrogens with zero attached hydrogens (tertiary/aromatic N) is 1. The molecule has 0 aliphatic carbocycles. The van der Waals surface area contributed by atoms with E-state index in [1.807, 2.05) is 17.5 Å². The Bertz CT molecular complexity index is 497. The number of anilines is 1. The zero-order chi connectivity index (χ0) is 12.8. The molecule has 0 atom stereocenters. The topological polar surface area (TPSA) is 63.2 Å². The van der Waals surface area contributed by atoms with E-state index in [-0.39, 0.29) is 6.03 Å². The minimum atomic E-state index is -0.254. The lowest BCUT2D eigenvalue weighted by Crippen LogP contribution is -2.27. The van der Waals surface area contributed by atoms with E-state index in [2.05, 4.69) is 15.6 Å². The third kappa shape index (κ3) is 3.46. The molecular weight excluding hydrogens is 250 g/mol. The number of ether oxygens (including phenoxy) is 1. The Kier molecular flexibility index (Phi) is 4.14. The van der Waals surface area contributed by atoms with Crippen molar-refractivity contribution in [3.8, 4) is 5.88 Å². The van der Waals surface area contributed by atoms with Crippen molar-refractivity contribution in [3.05, 3.63) is 40.7 Å². The van der Waals surface area contributed by atoms with E-state index in [0.717, 1.165) is 4.88 Å². The number of pyridine rings is 1. The van der Waals surface area contributed by atoms with E-state index < -0.39 is 0 Å². The Labute approximate surface area is 109 Å². The molecule has 18 heavy (non-hydrogen) atoms. The molecule has 94 valence electrons. The summed E-state index contributed by atoms with van der Waals surface area (Å²) in [7, 11) is 1.54. The minimum absolute atomic E-state index is 0.254. The zero-order valence-electron chi connectivity index (χ0n) is 9.84. The number of carbonyl (C=O) groups excluding carboxylic acids is 1. The fourth-order valence-electron chi connectivity index (χ4n) is 1.33. The predicted molar refractivity (Wildman–Crippen MR) is 71.0 cm³/mol. The molecule has 2 aromatic rings. The first kappa shape index (κ1) is 12.4. The number of thiophene rings is 1. The third-order valence-electron chi connectivity index (χ3n) is 2.21. The standard InChI is InChI=1S/C12H13N3O2S/c1-17-11-5-4-9(7-13-11)15-12(16)14-8-10-3-2-6-18-10/h2-7H,8H2,1H3,(H2,14,15,16). The van der Waals surface area contributed by atoms with Crippen LogP contribution in [0, 0.1) is 0 Å². The van der Waals surface area contributed by atoms with Crippen LogP contribution in [-0.2, 0) is 6.54 Å². The lowest BCUT2D eigenvalue weighted by atomic mass is 10.4. The van der Waals surface area contributed by atoms with Gasteiger partial charge in [-0.2, -0.15) is 0 Å². The van der Waals surface area contributed by atoms with Crippen LogP contribution in [0.3, 0.4) is 0 Å². The summed E-state index contributed by atoms with van der Waals surface area (Å²) in [6.07, 6.45) is 1.55. The van der Waals surface area contributed by atoms with E-state index in [1.165, 1.54) is 0 Å². The van der Waals surface area contributed by atoms with Gasteiger partial charge in [-0.1, -0.05) is 6.07 Å². The first-order chi connectivity index (χ1) is 8.78. The van der Waals surface area contributed by atoms with Gasteiger partial charge in [-0.15, -0.1) is 11.3 Å². The Morgan fingerprint density at radius 1 is 1.44 bits per heavy atom. The molecule has 2 aromatic heterocycles. The molecule has 0 aliphatic rings. The summed E-state index contributed by atoms with van der Waals surface area (Å²) in [6.45, 7) is 0.521. The van der Waals surface area contributed by atoms with Gasteiger partial charge in [0.05, 0.1) is 25.5 Å². The quantitative estimate of drug-likeness (QED) is 0.890. The molecule has 2 amide bonds. The van der Waals surface area contributed by atoms with Crippen molar-refractivity contribution in [1.82, 2.24) is 10.3 Å². The molecule has 0 spiro atoms. The van der Waals surface area contributed by atoms with Gasteiger partial charge in [0.1, 0.15) is 0 Å². The maximum atomic E-state index is 11.6. The summed E-state index contributed by atoms with van der Waals surface area (Å²) >= 11 is 1.60. The van der Waals surface area contributed by atoms with Crippen LogP contribution in [-0.4, -0.2) is 18.1 Å². The van der Waals surface area contributed by atoms with E-state index in [0.29, 0.717) is 18.1 Å². The number of aromatic nitrogens is 1. The van der Waals surface area contributed by atoms with Crippen molar-refractivity contribution in [2.75, 3.05) is 12.4 Å². The van der Waals surface area contributed by atoms with Gasteiger partial charge in [0.25, 0.3) is 0 Å². The molecule has 0 bridgehead atoms. The van der Waals surface area contributed by atoms with Gasteiger partial charge in [-0.25, -0.2) is 9.78 Å². The lowest BCUT2D eigenvalue weighted by Gasteiger charge is -2.06. The van der Waals surface area contributed by atoms with Crippen LogP contribution in [0.2, 0.25) is 0 Å². The maximum Gasteiger partial charge on any atom is 0.319 e. The molecule has 0 unspecified atom stereocenters. The second-order valence-electron chi connectivity index (χ2n) is 3.48. The van der Waals surface area contributed by atoms with E-state index >= 15 is 0 Å². The zero-order valence-corrected chi connectivity index (χ0v) is 10.7. The van der Waals surface area contributed by atoms with Crippen LogP contribution < -0.4 is 15.4 Å². The van der Waals surface area contributed by atoms with E-state index in [4.69, 9.17) is 4.74 Å². The van der Waals surface area contributed by atoms with Gasteiger partial charge >= 0.3 is 6.03 Å². The van der Waals surface area contributed by atoms with Crippen molar-refractivity contribution in [1.29, 1.82) is 0 Å². The number of amides is 2. The van der Waals surface area contributed by atoms with Gasteiger partial charge in [-0.05, 0) is 17.5 Å². The number of carbonyl (C=O) groups is 1. The summed E-state index contributed by atoms with van der Waals surface area (Å²) < 4.78 is 4.93. The predicted octanol–water partition coefficient (Wildman–Crippen LogP) is 2.47. The minimum Gasteiger partial charge on any atom is -0.481 e. The number of nitrogens with one attached hydrogen (secondary N) is 2. The molecule has 5 nitrogen and oxygen atoms in total. The Morgan fingerprint density at radius 3 is 2.94 bits per heavy atom. The highest BCUT2D eigenvalue weighted by molar-refractivity contribution is 7.09. The second kappa shape index (κ2) is 6.02. The van der Waals surface area contributed by atoms with Crippen LogP contribution in [0.25, 0.3) is 0 Å². The normalized spacial score (nSPS) is 9.83. The number of hydrogen-bond acceptors (Lipinski definition) is 4. The highest BCUT2D eigenvalue weighted by Gasteiger charge is 2.02. The molecule has 0 fully saturated rings. The largest absolute Gasteiger partial charge is 0.481 e. The van der Waals surface area contributed by atoms with E-state index in [9.17, 15) is 4.79 Å². The fraction of sp³-hybridized carbons (Fsp3) is 0.167. The van der Waals surface area contributed by atoms with Crippen molar-refractivity contribution in [2.24, 2.45) is 0 Å². The first-order valence-corrected chi connectivity index (χ1v) is 6.23. The molecule has 0 radical (unpaired) electrons. The highest BCUT2D eigenvalue weighted by Crippen LogP contribution is 2.11. The van der Waals surface area contributed by atoms with Gasteiger partial charge in [0.2, 0.25) is 5.88 Å². The first-order valence-electron chi connectivity index (χ1n) is 5.35. The van der Waals surface area contributed by atoms with Crippen LogP contribution in [0.15, 0.2) is 35.8 Å². The van der Waals surface area contributed by atoms with Crippen molar-refractivity contribution < 1.29 is 9.53 Å². The number of methoxy groups -OCH3 is 1. The average molecular weight is 263 g/mol. The summed E-state index contributed by atoms with van der Waals surface area (Å²) in [5.74, 6) is 0.513. The SMILES string of the molecule is COc1ccc(NC(=O)NCc2cccs2)cn1. The van der Waals surface area contributed by atoms with Gasteiger partial charge in [0.15, 0.2) is 0 Å². The van der Waals surface area contributed by atoms with Crippen LogP contribution in [0.4, 0.5) is 10.5 Å². The number of urea groups is 1. The fourth-order valence-corrected chi connectivity index (χ4v) is 1.98. The summed E-state index contributed by atoms with van der Waals surface area (Å²) in [5, 5.41) is 7.43. The molecule has 0 aliphatic heterocycles. The van der Waals surface area contributed by atoms with Crippen LogP contribution in [0.1, 0.15) is 4.88 Å². The van der Waals surface area contributed by atoms with Crippen molar-refractivity contribution in [2.45, 2.75) is 6.54 Å². The van der Waals surface area contributed by atoms with Gasteiger partial charge < -0.3 is 15.4 Å². The Balaban J connectivity index is 1.83. The molecular formula is C12H13N3O2S. The number of hydrogen-bond donors (Lipinski definition) is 2. The molecule has 6 heteroatoms. The smallest absolute Gasteiger partial charge is 0.319 e. The molecule has 2 heterocycles. The second-order valence-corrected chi connectivity index (χ2v) is 4.51. The van der Waals surface area contributed by atoms with E-state index in [1.54, 1.807) is 36.8 Å². The summed E-state index contributed by atoms with van der Waals surface area (Å²) in [4.78, 5) is 16.7. The van der Waals surface area contributed by atoms with Crippen molar-refractivity contribution >= 4 is 23.1 Å². The molecule has 2 rings (SSSR count). The molecule has 0 saturated heterocycles.